The minimum Gasteiger partial charge on any atom is -0.457 e. The summed E-state index contributed by atoms with van der Waals surface area (Å²) in [4.78, 5) is 16.1. The van der Waals surface area contributed by atoms with Crippen LogP contribution in [0.1, 0.15) is 6.92 Å². The van der Waals surface area contributed by atoms with E-state index in [-0.39, 0.29) is 0 Å². The second-order valence-corrected chi connectivity index (χ2v) is 21.9. The minimum absolute atomic E-state index is 0.511. The zero-order valence-electron chi connectivity index (χ0n) is 42.0. The van der Waals surface area contributed by atoms with Crippen molar-refractivity contribution in [3.8, 4) is 62.1 Å². The molecule has 0 bridgehead atoms. The van der Waals surface area contributed by atoms with Crippen LogP contribution in [-0.2, 0) is 0 Å². The fraction of sp³-hybridized carbons (Fsp3) is 0.0143. The number of para-hydroxylation sites is 2. The summed E-state index contributed by atoms with van der Waals surface area (Å²) in [6.07, 6.45) is 6.04. The molecule has 78 heavy (non-hydrogen) atoms. The standard InChI is InChI=1S/C70H42N4O2S2/c1-3-4-21-46-40(2)75-59-38-43(28-30-48(46)59)68-71-69(44-29-31-49-47-22-12-15-26-58(47)76-60(49)39-44)73-70(72-68)45-36-54(41-17-7-5-8-18-41)65(55(37-45)42-19-9-6-10-20-42)74-56-25-14-11-23-52(56)63-57(74)34-32-50-51-33-35-62-64(67(51)78-66(50)63)53-24-13-16-27-61(53)77-62/h3-39H,2H2,1H3/b4-3-,46-21+. The molecule has 6 heterocycles. The first-order chi connectivity index (χ1) is 38.5. The molecule has 0 fully saturated rings. The predicted octanol–water partition coefficient (Wildman–Crippen LogP) is 18.5. The van der Waals surface area contributed by atoms with Crippen molar-refractivity contribution in [2.45, 2.75) is 6.92 Å². The van der Waals surface area contributed by atoms with E-state index in [1.807, 2.05) is 78.2 Å². The molecule has 0 amide bonds. The van der Waals surface area contributed by atoms with Crippen LogP contribution in [0.4, 0.5) is 0 Å². The van der Waals surface area contributed by atoms with Crippen molar-refractivity contribution in [2.24, 2.45) is 0 Å². The Morgan fingerprint density at radius 2 is 0.987 bits per heavy atom. The number of furan rings is 2. The fourth-order valence-electron chi connectivity index (χ4n) is 11.8. The summed E-state index contributed by atoms with van der Waals surface area (Å²) in [5.74, 6) is 1.56. The molecule has 16 aromatic rings. The molecule has 0 N–H and O–H groups in total. The molecular formula is C70H42N4O2S2. The Morgan fingerprint density at radius 3 is 1.71 bits per heavy atom. The summed E-state index contributed by atoms with van der Waals surface area (Å²) in [5.41, 5.74) is 12.9. The average Bonchev–Trinajstić information content (AvgIpc) is 4.15. The summed E-state index contributed by atoms with van der Waals surface area (Å²) in [7, 11) is 0. The third kappa shape index (κ3) is 6.83. The summed E-state index contributed by atoms with van der Waals surface area (Å²) in [6.45, 7) is 6.24. The van der Waals surface area contributed by atoms with Gasteiger partial charge in [-0.1, -0.05) is 164 Å². The number of hydrogen-bond donors (Lipinski definition) is 0. The van der Waals surface area contributed by atoms with E-state index in [4.69, 9.17) is 23.8 Å². The van der Waals surface area contributed by atoms with Gasteiger partial charge in [-0.3, -0.25) is 0 Å². The Labute approximate surface area is 454 Å². The zero-order valence-corrected chi connectivity index (χ0v) is 43.6. The van der Waals surface area contributed by atoms with E-state index in [9.17, 15) is 0 Å². The number of benzene rings is 10. The molecule has 0 aliphatic heterocycles. The quantitative estimate of drug-likeness (QED) is 0.159. The van der Waals surface area contributed by atoms with Crippen molar-refractivity contribution in [3.05, 3.63) is 229 Å². The van der Waals surface area contributed by atoms with Crippen LogP contribution in [0.5, 0.6) is 0 Å². The van der Waals surface area contributed by atoms with Gasteiger partial charge in [0.1, 0.15) is 22.2 Å². The molecule has 0 saturated heterocycles. The molecule has 0 unspecified atom stereocenters. The van der Waals surface area contributed by atoms with E-state index >= 15 is 0 Å². The summed E-state index contributed by atoms with van der Waals surface area (Å²) < 4.78 is 20.5. The van der Waals surface area contributed by atoms with Crippen molar-refractivity contribution >= 4 is 130 Å². The molecule has 366 valence electrons. The highest BCUT2D eigenvalue weighted by molar-refractivity contribution is 7.30. The van der Waals surface area contributed by atoms with Gasteiger partial charge < -0.3 is 13.4 Å². The van der Waals surface area contributed by atoms with Crippen molar-refractivity contribution in [1.82, 2.24) is 19.5 Å². The van der Waals surface area contributed by atoms with Gasteiger partial charge in [-0.25, -0.2) is 15.0 Å². The van der Waals surface area contributed by atoms with Crippen LogP contribution < -0.4 is 10.6 Å². The lowest BCUT2D eigenvalue weighted by Gasteiger charge is -2.21. The Hall–Kier alpha value is -9.73. The number of aromatic nitrogens is 4. The van der Waals surface area contributed by atoms with Crippen LogP contribution in [0.3, 0.4) is 0 Å². The maximum Gasteiger partial charge on any atom is 0.164 e. The van der Waals surface area contributed by atoms with Crippen molar-refractivity contribution in [1.29, 1.82) is 0 Å². The Morgan fingerprint density at radius 1 is 0.423 bits per heavy atom. The number of allylic oxidation sites excluding steroid dienone is 2. The molecule has 0 aliphatic rings. The van der Waals surface area contributed by atoms with Gasteiger partial charge in [-0.2, -0.15) is 0 Å². The van der Waals surface area contributed by atoms with Crippen LogP contribution in [0, 0.1) is 0 Å². The zero-order chi connectivity index (χ0) is 51.6. The third-order valence-electron chi connectivity index (χ3n) is 15.3. The predicted molar refractivity (Wildman–Crippen MR) is 328 cm³/mol. The first-order valence-electron chi connectivity index (χ1n) is 26.0. The first-order valence-corrected chi connectivity index (χ1v) is 27.7. The number of thiophene rings is 2. The topological polar surface area (TPSA) is 69.9 Å². The molecule has 16 rings (SSSR count). The molecule has 0 radical (unpaired) electrons. The molecular weight excluding hydrogens is 993 g/mol. The molecule has 8 heteroatoms. The van der Waals surface area contributed by atoms with E-state index in [0.717, 1.165) is 88.2 Å². The second kappa shape index (κ2) is 17.4. The fourth-order valence-corrected chi connectivity index (χ4v) is 14.4. The SMILES string of the molecule is C=c1oc2cc(-c3nc(-c4cc(-c5ccccc5)c(-n5c6ccccc6c6c7sc8c(ccc9sc%10ccccc%10c98)c7ccc65)c(-c5ccccc5)c4)nc(-c4ccc5c(c4)oc4ccccc45)n3)ccc2/c1=C/C=C\C. The third-order valence-corrected chi connectivity index (χ3v) is 17.7. The molecule has 6 aromatic heterocycles. The second-order valence-electron chi connectivity index (χ2n) is 19.8. The maximum atomic E-state index is 6.44. The van der Waals surface area contributed by atoms with E-state index in [1.165, 1.54) is 51.1 Å². The molecule has 10 aromatic carbocycles. The van der Waals surface area contributed by atoms with Gasteiger partial charge >= 0.3 is 0 Å². The number of nitrogens with zero attached hydrogens (tertiary/aromatic N) is 4. The maximum absolute atomic E-state index is 6.44. The van der Waals surface area contributed by atoms with Crippen LogP contribution in [0.15, 0.2) is 227 Å². The lowest BCUT2D eigenvalue weighted by molar-refractivity contribution is 0.577. The number of fused-ring (bicyclic) bond motifs is 15. The van der Waals surface area contributed by atoms with Crippen LogP contribution in [-0.4, -0.2) is 19.5 Å². The highest BCUT2D eigenvalue weighted by Crippen LogP contribution is 2.50. The average molecular weight is 1040 g/mol. The van der Waals surface area contributed by atoms with Gasteiger partial charge in [0.15, 0.2) is 17.5 Å². The van der Waals surface area contributed by atoms with Gasteiger partial charge in [0.05, 0.1) is 16.7 Å². The number of hydrogen-bond acceptors (Lipinski definition) is 7. The molecule has 6 nitrogen and oxygen atoms in total. The monoisotopic (exact) mass is 1030 g/mol. The lowest BCUT2D eigenvalue weighted by Crippen LogP contribution is -2.17. The summed E-state index contributed by atoms with van der Waals surface area (Å²) in [6, 6.07) is 73.6. The highest BCUT2D eigenvalue weighted by atomic mass is 32.1. The van der Waals surface area contributed by atoms with Crippen LogP contribution in [0.25, 0.3) is 170 Å². The molecule has 0 aliphatic carbocycles. The van der Waals surface area contributed by atoms with Gasteiger partial charge in [-0.15, -0.1) is 22.7 Å². The number of rotatable bonds is 7. The first kappa shape index (κ1) is 44.6. The Kier molecular flexibility index (Phi) is 9.94. The Balaban J connectivity index is 0.975. The van der Waals surface area contributed by atoms with Gasteiger partial charge in [0, 0.05) is 100 Å². The van der Waals surface area contributed by atoms with E-state index < -0.39 is 0 Å². The van der Waals surface area contributed by atoms with E-state index in [1.54, 1.807) is 0 Å². The minimum atomic E-state index is 0.511. The summed E-state index contributed by atoms with van der Waals surface area (Å²) >= 11 is 3.80. The van der Waals surface area contributed by atoms with E-state index in [0.29, 0.717) is 28.5 Å². The normalized spacial score (nSPS) is 12.5. The molecule has 0 spiro atoms. The smallest absolute Gasteiger partial charge is 0.164 e. The Bertz CT molecular complexity index is 5250. The van der Waals surface area contributed by atoms with Gasteiger partial charge in [0.2, 0.25) is 0 Å². The van der Waals surface area contributed by atoms with E-state index in [2.05, 4.69) is 187 Å². The summed E-state index contributed by atoms with van der Waals surface area (Å²) in [5, 5.41) is 11.7. The largest absolute Gasteiger partial charge is 0.457 e. The van der Waals surface area contributed by atoms with Gasteiger partial charge in [-0.05, 0) is 84.8 Å². The van der Waals surface area contributed by atoms with Crippen molar-refractivity contribution in [2.75, 3.05) is 0 Å². The van der Waals surface area contributed by atoms with Crippen LogP contribution in [0.2, 0.25) is 0 Å². The lowest BCUT2D eigenvalue weighted by atomic mass is 9.92. The van der Waals surface area contributed by atoms with Crippen molar-refractivity contribution in [3.63, 3.8) is 0 Å². The van der Waals surface area contributed by atoms with Gasteiger partial charge in [0.25, 0.3) is 0 Å². The van der Waals surface area contributed by atoms with Crippen molar-refractivity contribution < 1.29 is 8.83 Å². The molecule has 0 atom stereocenters. The molecule has 0 saturated carbocycles. The van der Waals surface area contributed by atoms with Crippen LogP contribution >= 0.6 is 22.7 Å². The highest BCUT2D eigenvalue weighted by Gasteiger charge is 2.26.